The first-order valence-electron chi connectivity index (χ1n) is 5.40. The highest BCUT2D eigenvalue weighted by molar-refractivity contribution is 7.86. The van der Waals surface area contributed by atoms with Crippen molar-refractivity contribution in [2.24, 2.45) is 0 Å². The summed E-state index contributed by atoms with van der Waals surface area (Å²) in [4.78, 5) is 23.3. The maximum absolute atomic E-state index is 11.9. The van der Waals surface area contributed by atoms with Gasteiger partial charge in [-0.25, -0.2) is 0 Å². The zero-order chi connectivity index (χ0) is 14.2. The lowest BCUT2D eigenvalue weighted by Gasteiger charge is -2.13. The van der Waals surface area contributed by atoms with E-state index in [9.17, 15) is 18.0 Å². The topological polar surface area (TPSA) is 80.8 Å². The maximum Gasteiger partial charge on any atom is 0.318 e. The number of hydrogen-bond acceptors (Lipinski definition) is 5. The minimum atomic E-state index is -4.20. The number of amides is 2. The molecule has 1 heterocycles. The second kappa shape index (κ2) is 4.60. The van der Waals surface area contributed by atoms with Gasteiger partial charge < -0.3 is 0 Å². The van der Waals surface area contributed by atoms with Gasteiger partial charge in [0.25, 0.3) is 11.8 Å². The van der Waals surface area contributed by atoms with Crippen LogP contribution in [0.4, 0.5) is 0 Å². The number of benzene rings is 1. The van der Waals surface area contributed by atoms with E-state index in [0.29, 0.717) is 0 Å². The zero-order valence-electron chi connectivity index (χ0n) is 10.3. The molecule has 1 aliphatic heterocycles. The lowest BCUT2D eigenvalue weighted by molar-refractivity contribution is -0.162. The normalized spacial score (nSPS) is 16.4. The summed E-state index contributed by atoms with van der Waals surface area (Å²) in [5.41, 5.74) is 0.349. The Morgan fingerprint density at radius 3 is 1.89 bits per heavy atom. The number of rotatable bonds is 3. The summed E-state index contributed by atoms with van der Waals surface area (Å²) >= 11 is 0. The molecule has 0 radical (unpaired) electrons. The molecule has 1 aliphatic rings. The fourth-order valence-electron chi connectivity index (χ4n) is 1.51. The SMILES string of the molecule is CC1=C(C)C(=O)N(OS(=O)(=O)c2ccccc2)C1=O. The van der Waals surface area contributed by atoms with Crippen LogP contribution in [0.25, 0.3) is 0 Å². The average molecular weight is 281 g/mol. The number of carbonyl (C=O) groups is 2. The molecule has 1 aromatic carbocycles. The molecule has 19 heavy (non-hydrogen) atoms. The number of hydrogen-bond donors (Lipinski definition) is 0. The fraction of sp³-hybridized carbons (Fsp3) is 0.167. The Balaban J connectivity index is 2.29. The highest BCUT2D eigenvalue weighted by atomic mass is 32.2. The van der Waals surface area contributed by atoms with Gasteiger partial charge in [0.2, 0.25) is 0 Å². The van der Waals surface area contributed by atoms with Gasteiger partial charge in [-0.15, -0.1) is 9.35 Å². The van der Waals surface area contributed by atoms with Crippen LogP contribution in [-0.4, -0.2) is 25.3 Å². The van der Waals surface area contributed by atoms with Crippen molar-refractivity contribution in [3.63, 3.8) is 0 Å². The average Bonchev–Trinajstić information content (AvgIpc) is 2.57. The Kier molecular flexibility index (Phi) is 3.25. The van der Waals surface area contributed by atoms with Crippen LogP contribution in [0.3, 0.4) is 0 Å². The Hall–Kier alpha value is -1.99. The number of carbonyl (C=O) groups excluding carboxylic acids is 2. The Bertz CT molecular complexity index is 651. The molecule has 0 saturated carbocycles. The molecular weight excluding hydrogens is 270 g/mol. The van der Waals surface area contributed by atoms with E-state index < -0.39 is 21.9 Å². The van der Waals surface area contributed by atoms with Gasteiger partial charge in [-0.1, -0.05) is 18.2 Å². The van der Waals surface area contributed by atoms with Crippen LogP contribution in [-0.2, 0) is 24.0 Å². The van der Waals surface area contributed by atoms with Crippen LogP contribution in [0.5, 0.6) is 0 Å². The Morgan fingerprint density at radius 2 is 1.42 bits per heavy atom. The molecule has 2 amide bonds. The first-order valence-corrected chi connectivity index (χ1v) is 6.81. The standard InChI is InChI=1S/C12H11NO5S/c1-8-9(2)12(15)13(11(8)14)18-19(16,17)10-6-4-3-5-7-10/h3-7H,1-2H3. The van der Waals surface area contributed by atoms with Gasteiger partial charge in [-0.05, 0) is 26.0 Å². The number of hydroxylamine groups is 2. The van der Waals surface area contributed by atoms with Crippen molar-refractivity contribution in [1.82, 2.24) is 5.06 Å². The predicted molar refractivity (Wildman–Crippen MR) is 64.9 cm³/mol. The second-order valence-corrected chi connectivity index (χ2v) is 5.53. The lowest BCUT2D eigenvalue weighted by Crippen LogP contribution is -2.34. The van der Waals surface area contributed by atoms with Gasteiger partial charge >= 0.3 is 10.1 Å². The summed E-state index contributed by atoms with van der Waals surface area (Å²) in [7, 11) is -4.20. The molecule has 0 N–H and O–H groups in total. The summed E-state index contributed by atoms with van der Waals surface area (Å²) in [5, 5.41) is 0.271. The minimum Gasteiger partial charge on any atom is -0.267 e. The number of imide groups is 1. The third-order valence-electron chi connectivity index (χ3n) is 2.78. The third-order valence-corrected chi connectivity index (χ3v) is 3.97. The minimum absolute atomic E-state index is 0.127. The van der Waals surface area contributed by atoms with E-state index >= 15 is 0 Å². The van der Waals surface area contributed by atoms with E-state index in [0.717, 1.165) is 0 Å². The van der Waals surface area contributed by atoms with Crippen LogP contribution in [0.1, 0.15) is 13.8 Å². The summed E-state index contributed by atoms with van der Waals surface area (Å²) in [5.74, 6) is -1.52. The van der Waals surface area contributed by atoms with Gasteiger partial charge in [-0.2, -0.15) is 8.42 Å². The second-order valence-electron chi connectivity index (χ2n) is 4.00. The molecule has 0 fully saturated rings. The fourth-order valence-corrected chi connectivity index (χ4v) is 2.42. The van der Waals surface area contributed by atoms with Crippen molar-refractivity contribution >= 4 is 21.9 Å². The van der Waals surface area contributed by atoms with E-state index in [1.165, 1.54) is 38.1 Å². The van der Waals surface area contributed by atoms with Crippen molar-refractivity contribution in [2.45, 2.75) is 18.7 Å². The molecule has 0 unspecified atom stereocenters. The van der Waals surface area contributed by atoms with Gasteiger partial charge in [0.1, 0.15) is 0 Å². The van der Waals surface area contributed by atoms with Crippen LogP contribution in [0.2, 0.25) is 0 Å². The lowest BCUT2D eigenvalue weighted by atomic mass is 10.2. The molecule has 0 bridgehead atoms. The summed E-state index contributed by atoms with van der Waals surface area (Å²) in [6, 6.07) is 7.29. The first kappa shape index (κ1) is 13.4. The molecule has 0 spiro atoms. The van der Waals surface area contributed by atoms with Crippen LogP contribution < -0.4 is 0 Å². The monoisotopic (exact) mass is 281 g/mol. The van der Waals surface area contributed by atoms with Crippen LogP contribution in [0, 0.1) is 0 Å². The summed E-state index contributed by atoms with van der Waals surface area (Å²) in [6.07, 6.45) is 0. The van der Waals surface area contributed by atoms with Gasteiger partial charge in [0.15, 0.2) is 0 Å². The molecule has 2 rings (SSSR count). The molecule has 1 aromatic rings. The molecule has 0 aliphatic carbocycles. The molecule has 7 heteroatoms. The maximum atomic E-state index is 11.9. The zero-order valence-corrected chi connectivity index (χ0v) is 11.1. The van der Waals surface area contributed by atoms with Crippen molar-refractivity contribution in [1.29, 1.82) is 0 Å². The van der Waals surface area contributed by atoms with Crippen LogP contribution >= 0.6 is 0 Å². The third kappa shape index (κ3) is 2.29. The van der Waals surface area contributed by atoms with Crippen LogP contribution in [0.15, 0.2) is 46.4 Å². The van der Waals surface area contributed by atoms with E-state index in [2.05, 4.69) is 4.28 Å². The summed E-state index contributed by atoms with van der Waals surface area (Å²) < 4.78 is 28.4. The van der Waals surface area contributed by atoms with E-state index in [1.54, 1.807) is 6.07 Å². The largest absolute Gasteiger partial charge is 0.318 e. The van der Waals surface area contributed by atoms with Gasteiger partial charge in [0, 0.05) is 11.1 Å². The van der Waals surface area contributed by atoms with Gasteiger partial charge in [0.05, 0.1) is 4.90 Å². The molecule has 6 nitrogen and oxygen atoms in total. The van der Waals surface area contributed by atoms with E-state index in [-0.39, 0.29) is 21.1 Å². The molecule has 0 saturated heterocycles. The summed E-state index contributed by atoms with van der Waals surface area (Å²) in [6.45, 7) is 2.88. The Labute approximate surface area is 110 Å². The van der Waals surface area contributed by atoms with E-state index in [1.807, 2.05) is 0 Å². The highest BCUT2D eigenvalue weighted by Crippen LogP contribution is 2.23. The molecular formula is C12H11NO5S. The molecule has 100 valence electrons. The van der Waals surface area contributed by atoms with Crippen molar-refractivity contribution in [3.05, 3.63) is 41.5 Å². The molecule has 0 atom stereocenters. The Morgan fingerprint density at radius 1 is 0.947 bits per heavy atom. The van der Waals surface area contributed by atoms with Gasteiger partial charge in [-0.3, -0.25) is 9.59 Å². The van der Waals surface area contributed by atoms with Crippen molar-refractivity contribution in [2.75, 3.05) is 0 Å². The highest BCUT2D eigenvalue weighted by Gasteiger charge is 2.38. The quantitative estimate of drug-likeness (QED) is 0.772. The predicted octanol–water partition coefficient (Wildman–Crippen LogP) is 1.01. The van der Waals surface area contributed by atoms with E-state index in [4.69, 9.17) is 0 Å². The smallest absolute Gasteiger partial charge is 0.267 e. The van der Waals surface area contributed by atoms with Crippen molar-refractivity contribution in [3.8, 4) is 0 Å². The van der Waals surface area contributed by atoms with Crippen molar-refractivity contribution < 1.29 is 22.3 Å². The molecule has 0 aromatic heterocycles. The first-order chi connectivity index (χ1) is 8.84. The number of nitrogens with zero attached hydrogens (tertiary/aromatic N) is 1.